The normalized spacial score (nSPS) is 9.85. The third-order valence-electron chi connectivity index (χ3n) is 2.62. The van der Waals surface area contributed by atoms with Gasteiger partial charge in [0.15, 0.2) is 0 Å². The van der Waals surface area contributed by atoms with E-state index in [2.05, 4.69) is 5.32 Å². The van der Waals surface area contributed by atoms with Crippen LogP contribution in [0.2, 0.25) is 0 Å². The van der Waals surface area contributed by atoms with E-state index in [1.54, 1.807) is 12.1 Å². The smallest absolute Gasteiger partial charge is 0.412 e. The van der Waals surface area contributed by atoms with Gasteiger partial charge >= 0.3 is 6.09 Å². The minimum absolute atomic E-state index is 0.415. The standard InChI is InChI=1S/C16H17NO3/c1-2-19-14-10-8-13(9-11-14)12-17-16(18)20-15-6-4-3-5-7-15/h3-11H,2,12H2,1H3,(H,17,18). The van der Waals surface area contributed by atoms with Crippen molar-refractivity contribution in [3.05, 3.63) is 60.2 Å². The van der Waals surface area contributed by atoms with Gasteiger partial charge in [-0.2, -0.15) is 0 Å². The first-order valence-corrected chi connectivity index (χ1v) is 6.50. The Bertz CT molecular complexity index is 537. The molecule has 0 saturated carbocycles. The van der Waals surface area contributed by atoms with Crippen LogP contribution in [0, 0.1) is 0 Å². The summed E-state index contributed by atoms with van der Waals surface area (Å²) in [6.07, 6.45) is -0.468. The lowest BCUT2D eigenvalue weighted by Crippen LogP contribution is -2.26. The summed E-state index contributed by atoms with van der Waals surface area (Å²) in [6.45, 7) is 2.99. The Morgan fingerprint density at radius 2 is 1.70 bits per heavy atom. The number of benzene rings is 2. The molecule has 0 unspecified atom stereocenters. The van der Waals surface area contributed by atoms with Crippen LogP contribution in [-0.2, 0) is 6.54 Å². The van der Waals surface area contributed by atoms with E-state index in [1.165, 1.54) is 0 Å². The molecular weight excluding hydrogens is 254 g/mol. The summed E-state index contributed by atoms with van der Waals surface area (Å²) in [6, 6.07) is 16.5. The summed E-state index contributed by atoms with van der Waals surface area (Å²) < 4.78 is 10.5. The number of hydrogen-bond acceptors (Lipinski definition) is 3. The molecule has 0 aliphatic heterocycles. The van der Waals surface area contributed by atoms with E-state index in [1.807, 2.05) is 49.4 Å². The lowest BCUT2D eigenvalue weighted by molar-refractivity contribution is 0.200. The first-order chi connectivity index (χ1) is 9.78. The topological polar surface area (TPSA) is 47.6 Å². The fourth-order valence-corrected chi connectivity index (χ4v) is 1.68. The van der Waals surface area contributed by atoms with E-state index in [-0.39, 0.29) is 0 Å². The molecule has 0 aliphatic carbocycles. The molecule has 0 aromatic heterocycles. The van der Waals surface area contributed by atoms with Gasteiger partial charge in [0, 0.05) is 6.54 Å². The van der Waals surface area contributed by atoms with Crippen molar-refractivity contribution >= 4 is 6.09 Å². The van der Waals surface area contributed by atoms with Crippen LogP contribution < -0.4 is 14.8 Å². The molecule has 2 rings (SSSR count). The Balaban J connectivity index is 1.81. The van der Waals surface area contributed by atoms with Crippen molar-refractivity contribution < 1.29 is 14.3 Å². The monoisotopic (exact) mass is 271 g/mol. The summed E-state index contributed by atoms with van der Waals surface area (Å²) >= 11 is 0. The molecule has 104 valence electrons. The molecule has 0 fully saturated rings. The number of carbonyl (C=O) groups is 1. The Kier molecular flexibility index (Phi) is 5.00. The van der Waals surface area contributed by atoms with Gasteiger partial charge in [0.2, 0.25) is 0 Å². The minimum Gasteiger partial charge on any atom is -0.494 e. The molecular formula is C16H17NO3. The van der Waals surface area contributed by atoms with E-state index >= 15 is 0 Å². The second-order valence-electron chi connectivity index (χ2n) is 4.13. The Morgan fingerprint density at radius 1 is 1.00 bits per heavy atom. The van der Waals surface area contributed by atoms with E-state index in [0.29, 0.717) is 18.9 Å². The zero-order valence-electron chi connectivity index (χ0n) is 11.3. The zero-order chi connectivity index (χ0) is 14.2. The molecule has 4 nitrogen and oxygen atoms in total. The number of rotatable bonds is 5. The summed E-state index contributed by atoms with van der Waals surface area (Å²) in [5.74, 6) is 1.35. The van der Waals surface area contributed by atoms with Gasteiger partial charge in [0.25, 0.3) is 0 Å². The molecule has 20 heavy (non-hydrogen) atoms. The molecule has 1 N–H and O–H groups in total. The second-order valence-corrected chi connectivity index (χ2v) is 4.13. The van der Waals surface area contributed by atoms with Crippen LogP contribution in [-0.4, -0.2) is 12.7 Å². The fourth-order valence-electron chi connectivity index (χ4n) is 1.68. The highest BCUT2D eigenvalue weighted by atomic mass is 16.6. The Morgan fingerprint density at radius 3 is 2.35 bits per heavy atom. The second kappa shape index (κ2) is 7.19. The number of carbonyl (C=O) groups excluding carboxylic acids is 1. The molecule has 0 saturated heterocycles. The Hall–Kier alpha value is -2.49. The van der Waals surface area contributed by atoms with Gasteiger partial charge in [-0.1, -0.05) is 30.3 Å². The summed E-state index contributed by atoms with van der Waals surface area (Å²) in [7, 11) is 0. The molecule has 1 amide bonds. The average molecular weight is 271 g/mol. The SMILES string of the molecule is CCOc1ccc(CNC(=O)Oc2ccccc2)cc1. The molecule has 0 aliphatic rings. The average Bonchev–Trinajstić information content (AvgIpc) is 2.48. The summed E-state index contributed by atoms with van der Waals surface area (Å²) in [5, 5.41) is 2.70. The number of ether oxygens (including phenoxy) is 2. The van der Waals surface area contributed by atoms with Crippen LogP contribution in [0.25, 0.3) is 0 Å². The quantitative estimate of drug-likeness (QED) is 0.907. The van der Waals surface area contributed by atoms with Gasteiger partial charge in [0.05, 0.1) is 6.61 Å². The molecule has 0 heterocycles. The van der Waals surface area contributed by atoms with Gasteiger partial charge in [-0.05, 0) is 36.8 Å². The molecule has 2 aromatic rings. The van der Waals surface area contributed by atoms with Crippen molar-refractivity contribution in [3.8, 4) is 11.5 Å². The highest BCUT2D eigenvalue weighted by molar-refractivity contribution is 5.70. The van der Waals surface area contributed by atoms with Crippen LogP contribution >= 0.6 is 0 Å². The summed E-state index contributed by atoms with van der Waals surface area (Å²) in [4.78, 5) is 11.6. The van der Waals surface area contributed by atoms with Gasteiger partial charge in [-0.3, -0.25) is 0 Å². The van der Waals surface area contributed by atoms with Crippen LogP contribution in [0.15, 0.2) is 54.6 Å². The maximum Gasteiger partial charge on any atom is 0.412 e. The lowest BCUT2D eigenvalue weighted by atomic mass is 10.2. The third-order valence-corrected chi connectivity index (χ3v) is 2.62. The van der Waals surface area contributed by atoms with Crippen molar-refractivity contribution in [1.82, 2.24) is 5.32 Å². The maximum absolute atomic E-state index is 11.6. The van der Waals surface area contributed by atoms with E-state index in [4.69, 9.17) is 9.47 Å². The van der Waals surface area contributed by atoms with E-state index in [9.17, 15) is 4.79 Å². The van der Waals surface area contributed by atoms with E-state index in [0.717, 1.165) is 11.3 Å². The molecule has 0 bridgehead atoms. The number of nitrogens with one attached hydrogen (secondary N) is 1. The number of hydrogen-bond donors (Lipinski definition) is 1. The molecule has 0 atom stereocenters. The molecule has 0 spiro atoms. The maximum atomic E-state index is 11.6. The lowest BCUT2D eigenvalue weighted by Gasteiger charge is -2.07. The van der Waals surface area contributed by atoms with Gasteiger partial charge in [-0.25, -0.2) is 4.79 Å². The van der Waals surface area contributed by atoms with Crippen molar-refractivity contribution in [3.63, 3.8) is 0 Å². The van der Waals surface area contributed by atoms with Gasteiger partial charge in [0.1, 0.15) is 11.5 Å². The number of para-hydroxylation sites is 1. The Labute approximate surface area is 118 Å². The predicted molar refractivity (Wildman–Crippen MR) is 76.9 cm³/mol. The highest BCUT2D eigenvalue weighted by Gasteiger charge is 2.03. The number of amides is 1. The van der Waals surface area contributed by atoms with Crippen LogP contribution in [0.4, 0.5) is 4.79 Å². The highest BCUT2D eigenvalue weighted by Crippen LogP contribution is 2.12. The van der Waals surface area contributed by atoms with Crippen molar-refractivity contribution in [2.45, 2.75) is 13.5 Å². The largest absolute Gasteiger partial charge is 0.494 e. The predicted octanol–water partition coefficient (Wildman–Crippen LogP) is 3.37. The van der Waals surface area contributed by atoms with Crippen LogP contribution in [0.1, 0.15) is 12.5 Å². The van der Waals surface area contributed by atoms with Crippen molar-refractivity contribution in [2.75, 3.05) is 6.61 Å². The third kappa shape index (κ3) is 4.31. The van der Waals surface area contributed by atoms with E-state index < -0.39 is 6.09 Å². The zero-order valence-corrected chi connectivity index (χ0v) is 11.3. The molecule has 0 radical (unpaired) electrons. The van der Waals surface area contributed by atoms with Gasteiger partial charge in [-0.15, -0.1) is 0 Å². The molecule has 2 aromatic carbocycles. The fraction of sp³-hybridized carbons (Fsp3) is 0.188. The van der Waals surface area contributed by atoms with Gasteiger partial charge < -0.3 is 14.8 Å². The first kappa shape index (κ1) is 13.9. The summed E-state index contributed by atoms with van der Waals surface area (Å²) in [5.41, 5.74) is 0.985. The molecule has 4 heteroatoms. The first-order valence-electron chi connectivity index (χ1n) is 6.50. The van der Waals surface area contributed by atoms with Crippen LogP contribution in [0.3, 0.4) is 0 Å². The van der Waals surface area contributed by atoms with Crippen molar-refractivity contribution in [2.24, 2.45) is 0 Å². The van der Waals surface area contributed by atoms with Crippen molar-refractivity contribution in [1.29, 1.82) is 0 Å². The van der Waals surface area contributed by atoms with Crippen LogP contribution in [0.5, 0.6) is 11.5 Å². The minimum atomic E-state index is -0.468.